The number of alkyl halides is 1. The number of phenols is 3. The van der Waals surface area contributed by atoms with Crippen LogP contribution in [0.2, 0.25) is 0 Å². The van der Waals surface area contributed by atoms with Gasteiger partial charge in [-0.1, -0.05) is 104 Å². The zero-order valence-electron chi connectivity index (χ0n) is 23.0. The van der Waals surface area contributed by atoms with E-state index in [4.69, 9.17) is 14.9 Å². The molecule has 0 unspecified atom stereocenters. The maximum Gasteiger partial charge on any atom is 0.119 e. The average Bonchev–Trinajstić information content (AvgIpc) is 2.97. The Labute approximate surface area is 242 Å². The number of rotatable bonds is 10. The highest BCUT2D eigenvalue weighted by atomic mass is 79.9. The summed E-state index contributed by atoms with van der Waals surface area (Å²) in [5, 5.41) is 28.7. The number of hydrogen-bond donors (Lipinski definition) is 3. The third-order valence-corrected chi connectivity index (χ3v) is 6.44. The van der Waals surface area contributed by atoms with Crippen molar-refractivity contribution in [1.82, 2.24) is 0 Å². The third kappa shape index (κ3) is 12.8. The molecule has 5 heteroatoms. The maximum absolute atomic E-state index is 9.27. The third-order valence-electron chi connectivity index (χ3n) is 5.88. The molecule has 0 aliphatic carbocycles. The van der Waals surface area contributed by atoms with Gasteiger partial charge in [-0.05, 0) is 83.6 Å². The summed E-state index contributed by atoms with van der Waals surface area (Å²) in [4.78, 5) is 0. The Balaban J connectivity index is 0.000000234. The maximum atomic E-state index is 9.27. The van der Waals surface area contributed by atoms with Crippen molar-refractivity contribution in [3.05, 3.63) is 97.1 Å². The van der Waals surface area contributed by atoms with Crippen molar-refractivity contribution in [2.24, 2.45) is 0 Å². The van der Waals surface area contributed by atoms with Crippen molar-refractivity contribution < 1.29 is 20.1 Å². The molecule has 0 spiro atoms. The first kappa shape index (κ1) is 31.8. The molecule has 0 heterocycles. The van der Waals surface area contributed by atoms with Crippen LogP contribution in [0.1, 0.15) is 52.4 Å². The van der Waals surface area contributed by atoms with Crippen molar-refractivity contribution in [3.8, 4) is 45.3 Å². The van der Waals surface area contributed by atoms with Crippen LogP contribution >= 0.6 is 15.9 Å². The van der Waals surface area contributed by atoms with E-state index in [9.17, 15) is 5.11 Å². The summed E-state index contributed by atoms with van der Waals surface area (Å²) in [5.41, 5.74) is 4.25. The van der Waals surface area contributed by atoms with Crippen molar-refractivity contribution in [1.29, 1.82) is 0 Å². The number of ether oxygens (including phenoxy) is 1. The summed E-state index contributed by atoms with van der Waals surface area (Å²) in [6.45, 7) is 5.18. The van der Waals surface area contributed by atoms with Gasteiger partial charge in [-0.15, -0.1) is 0 Å². The van der Waals surface area contributed by atoms with Gasteiger partial charge < -0.3 is 20.1 Å². The molecule has 0 saturated heterocycles. The Morgan fingerprint density at radius 1 is 0.487 bits per heavy atom. The minimum atomic E-state index is 0.257. The molecule has 0 aromatic heterocycles. The highest BCUT2D eigenvalue weighted by Gasteiger charge is 2.00. The van der Waals surface area contributed by atoms with Crippen molar-refractivity contribution >= 4 is 15.9 Å². The molecule has 4 aromatic rings. The molecule has 0 amide bonds. The zero-order valence-corrected chi connectivity index (χ0v) is 24.6. The van der Waals surface area contributed by atoms with Gasteiger partial charge in [0.15, 0.2) is 0 Å². The second kappa shape index (κ2) is 18.8. The largest absolute Gasteiger partial charge is 0.508 e. The lowest BCUT2D eigenvalue weighted by Gasteiger charge is -2.07. The molecule has 0 aliphatic heterocycles. The molecule has 4 nitrogen and oxygen atoms in total. The van der Waals surface area contributed by atoms with Crippen molar-refractivity contribution in [3.63, 3.8) is 0 Å². The second-order valence-corrected chi connectivity index (χ2v) is 9.91. The van der Waals surface area contributed by atoms with E-state index in [-0.39, 0.29) is 11.5 Å². The molecule has 0 saturated carbocycles. The Bertz CT molecular complexity index is 1110. The van der Waals surface area contributed by atoms with Gasteiger partial charge in [0.2, 0.25) is 0 Å². The van der Waals surface area contributed by atoms with Gasteiger partial charge in [0.1, 0.15) is 23.0 Å². The van der Waals surface area contributed by atoms with Crippen LogP contribution in [0.4, 0.5) is 0 Å². The average molecular weight is 594 g/mol. The fraction of sp³-hybridized carbons (Fsp3) is 0.294. The number of unbranched alkanes of at least 4 members (excludes halogenated alkanes) is 4. The first-order valence-corrected chi connectivity index (χ1v) is 14.8. The van der Waals surface area contributed by atoms with Crippen LogP contribution in [0.5, 0.6) is 23.0 Å². The first-order chi connectivity index (χ1) is 19.0. The predicted molar refractivity (Wildman–Crippen MR) is 167 cm³/mol. The molecule has 3 N–H and O–H groups in total. The molecular formula is C34H41BrO4. The molecule has 0 fully saturated rings. The van der Waals surface area contributed by atoms with Crippen LogP contribution in [0.15, 0.2) is 97.1 Å². The summed E-state index contributed by atoms with van der Waals surface area (Å²) >= 11 is 3.35. The highest BCUT2D eigenvalue weighted by Crippen LogP contribution is 2.25. The standard InChI is InChI=1S/C17H20O2.C12H10O2.C5H11Br/c1-2-3-4-13-19-17-11-7-15(8-12-17)14-5-9-16(18)10-6-14;13-11-5-1-9(2-6-11)10-3-7-12(14)8-4-10;1-2-3-4-5-6/h5-12,18H,2-4,13H2,1H3;1-8,13-14H;2-5H2,1H3. The number of aromatic hydroxyl groups is 3. The SMILES string of the molecule is CCCCCBr.CCCCCOc1ccc(-c2ccc(O)cc2)cc1.Oc1ccc(-c2ccc(O)cc2)cc1. The lowest BCUT2D eigenvalue weighted by Crippen LogP contribution is -1.96. The lowest BCUT2D eigenvalue weighted by molar-refractivity contribution is 0.306. The van der Waals surface area contributed by atoms with Gasteiger partial charge in [-0.2, -0.15) is 0 Å². The molecule has 39 heavy (non-hydrogen) atoms. The minimum Gasteiger partial charge on any atom is -0.508 e. The van der Waals surface area contributed by atoms with E-state index < -0.39 is 0 Å². The van der Waals surface area contributed by atoms with Crippen LogP contribution in [0, 0.1) is 0 Å². The van der Waals surface area contributed by atoms with Gasteiger partial charge in [0.25, 0.3) is 0 Å². The Morgan fingerprint density at radius 2 is 0.821 bits per heavy atom. The molecule has 4 aromatic carbocycles. The first-order valence-electron chi connectivity index (χ1n) is 13.6. The number of benzene rings is 4. The number of halogens is 1. The normalized spacial score (nSPS) is 10.0. The topological polar surface area (TPSA) is 69.9 Å². The quantitative estimate of drug-likeness (QED) is 0.126. The van der Waals surface area contributed by atoms with Crippen molar-refractivity contribution in [2.45, 2.75) is 52.4 Å². The van der Waals surface area contributed by atoms with Crippen LogP contribution in [-0.2, 0) is 0 Å². The van der Waals surface area contributed by atoms with E-state index >= 15 is 0 Å². The smallest absolute Gasteiger partial charge is 0.119 e. The number of phenolic OH excluding ortho intramolecular Hbond substituents is 3. The van der Waals surface area contributed by atoms with Crippen LogP contribution < -0.4 is 4.74 Å². The van der Waals surface area contributed by atoms with E-state index in [0.717, 1.165) is 41.0 Å². The minimum absolute atomic E-state index is 0.257. The van der Waals surface area contributed by atoms with E-state index in [1.807, 2.05) is 60.7 Å². The summed E-state index contributed by atoms with van der Waals surface area (Å²) < 4.78 is 5.68. The molecule has 0 aliphatic rings. The van der Waals surface area contributed by atoms with Gasteiger partial charge in [-0.25, -0.2) is 0 Å². The van der Waals surface area contributed by atoms with Gasteiger partial charge in [0.05, 0.1) is 6.61 Å². The molecule has 4 rings (SSSR count). The van der Waals surface area contributed by atoms with E-state index in [0.29, 0.717) is 5.75 Å². The van der Waals surface area contributed by atoms with Crippen LogP contribution in [0.25, 0.3) is 22.3 Å². The van der Waals surface area contributed by atoms with Crippen LogP contribution in [-0.4, -0.2) is 27.3 Å². The summed E-state index contributed by atoms with van der Waals surface area (Å²) in [6, 6.07) is 29.2. The summed E-state index contributed by atoms with van der Waals surface area (Å²) in [6.07, 6.45) is 7.55. The molecule has 0 radical (unpaired) electrons. The Kier molecular flexibility index (Phi) is 15.3. The number of hydrogen-bond acceptors (Lipinski definition) is 4. The fourth-order valence-electron chi connectivity index (χ4n) is 3.59. The molecule has 0 bridgehead atoms. The Hall–Kier alpha value is -3.44. The zero-order chi connectivity index (χ0) is 28.3. The lowest BCUT2D eigenvalue weighted by atomic mass is 10.1. The second-order valence-electron chi connectivity index (χ2n) is 9.12. The molecule has 0 atom stereocenters. The summed E-state index contributed by atoms with van der Waals surface area (Å²) in [5.74, 6) is 1.72. The van der Waals surface area contributed by atoms with Crippen molar-refractivity contribution in [2.75, 3.05) is 11.9 Å². The van der Waals surface area contributed by atoms with Crippen LogP contribution in [0.3, 0.4) is 0 Å². The van der Waals surface area contributed by atoms with E-state index in [1.54, 1.807) is 36.4 Å². The van der Waals surface area contributed by atoms with E-state index in [1.165, 1.54) is 37.4 Å². The molecular weight excluding hydrogens is 552 g/mol. The monoisotopic (exact) mass is 592 g/mol. The van der Waals surface area contributed by atoms with Gasteiger partial charge in [-0.3, -0.25) is 0 Å². The fourth-order valence-corrected chi connectivity index (χ4v) is 3.99. The predicted octanol–water partition coefficient (Wildman–Crippen LogP) is 9.96. The summed E-state index contributed by atoms with van der Waals surface area (Å²) in [7, 11) is 0. The Morgan fingerprint density at radius 3 is 1.13 bits per heavy atom. The van der Waals surface area contributed by atoms with E-state index in [2.05, 4.69) is 29.8 Å². The van der Waals surface area contributed by atoms with Gasteiger partial charge >= 0.3 is 0 Å². The molecule has 208 valence electrons. The van der Waals surface area contributed by atoms with Gasteiger partial charge in [0, 0.05) is 5.33 Å². The highest BCUT2D eigenvalue weighted by molar-refractivity contribution is 9.09.